The molecule has 57 heavy (non-hydrogen) atoms. The van der Waals surface area contributed by atoms with Crippen molar-refractivity contribution in [3.63, 3.8) is 0 Å². The Hall–Kier alpha value is -3.56. The van der Waals surface area contributed by atoms with Gasteiger partial charge >= 0.3 is 0 Å². The second-order valence-corrected chi connectivity index (χ2v) is 15.1. The van der Waals surface area contributed by atoms with E-state index in [4.69, 9.17) is 37.9 Å². The molecule has 12 unspecified atom stereocenters. The maximum absolute atomic E-state index is 11.1. The summed E-state index contributed by atoms with van der Waals surface area (Å²) < 4.78 is 52.1. The summed E-state index contributed by atoms with van der Waals surface area (Å²) in [6.07, 6.45) is -7.50. The van der Waals surface area contributed by atoms with Crippen LogP contribution in [0.15, 0.2) is 121 Å². The lowest BCUT2D eigenvalue weighted by Crippen LogP contribution is -2.62. The zero-order chi connectivity index (χ0) is 39.4. The Morgan fingerprint density at radius 2 is 0.930 bits per heavy atom. The van der Waals surface area contributed by atoms with Crippen molar-refractivity contribution < 1.29 is 53.2 Å². The third-order valence-electron chi connectivity index (χ3n) is 10.9. The number of hydrogen-bond donors (Lipinski definition) is 3. The van der Waals surface area contributed by atoms with E-state index < -0.39 is 73.6 Å². The number of hydrogen-bond acceptors (Lipinski definition) is 11. The minimum atomic E-state index is -1.49. The minimum absolute atomic E-state index is 0.00356. The van der Waals surface area contributed by atoms with Crippen molar-refractivity contribution in [3.05, 3.63) is 144 Å². The zero-order valence-electron chi connectivity index (χ0n) is 32.4. The summed E-state index contributed by atoms with van der Waals surface area (Å²) in [6.45, 7) is 3.25. The lowest BCUT2D eigenvalue weighted by molar-refractivity contribution is -0.351. The van der Waals surface area contributed by atoms with Crippen LogP contribution < -0.4 is 0 Å². The smallest absolute Gasteiger partial charge is 0.187 e. The summed E-state index contributed by atoms with van der Waals surface area (Å²) >= 11 is 0. The summed E-state index contributed by atoms with van der Waals surface area (Å²) in [5.41, 5.74) is 4.00. The third-order valence-corrected chi connectivity index (χ3v) is 10.9. The van der Waals surface area contributed by atoms with E-state index in [2.05, 4.69) is 0 Å². The molecule has 3 N–H and O–H groups in total. The first kappa shape index (κ1) is 41.6. The predicted octanol–water partition coefficient (Wildman–Crippen LogP) is 5.86. The molecule has 0 bridgehead atoms. The van der Waals surface area contributed by atoms with Crippen molar-refractivity contribution in [2.75, 3.05) is 6.61 Å². The molecule has 0 aromatic heterocycles. The lowest BCUT2D eigenvalue weighted by atomic mass is 9.93. The van der Waals surface area contributed by atoms with Gasteiger partial charge in [-0.2, -0.15) is 0 Å². The van der Waals surface area contributed by atoms with Gasteiger partial charge in [-0.1, -0.05) is 134 Å². The van der Waals surface area contributed by atoms with Crippen molar-refractivity contribution in [2.24, 2.45) is 0 Å². The van der Waals surface area contributed by atoms with E-state index in [1.807, 2.05) is 128 Å². The standard InChI is InChI=1S/C46H56O11/c1-31-42(51-27-33-18-8-3-9-19-33)43(52-28-34-20-10-4-11-21-34)44(53-29-35-22-12-5-13-23-35)46(54-31)56-37-25-15-14-24-36(37)55-45-41(49)40(48)39(47)38(57-45)30-50-26-32-16-6-2-7-17-32/h2-13,16-23,31,36-49H,14-15,24-30H2,1H3. The van der Waals surface area contributed by atoms with Gasteiger partial charge in [-0.05, 0) is 42.0 Å². The van der Waals surface area contributed by atoms with Crippen molar-refractivity contribution in [2.45, 2.75) is 133 Å². The molecule has 11 heteroatoms. The average Bonchev–Trinajstić information content (AvgIpc) is 3.25. The first-order chi connectivity index (χ1) is 27.9. The van der Waals surface area contributed by atoms with Crippen molar-refractivity contribution >= 4 is 0 Å². The molecule has 11 nitrogen and oxygen atoms in total. The number of ether oxygens (including phenoxy) is 8. The van der Waals surface area contributed by atoms with Crippen molar-refractivity contribution in [1.29, 1.82) is 0 Å². The molecule has 2 saturated heterocycles. The van der Waals surface area contributed by atoms with E-state index >= 15 is 0 Å². The maximum Gasteiger partial charge on any atom is 0.187 e. The van der Waals surface area contributed by atoms with Crippen LogP contribution in [0.2, 0.25) is 0 Å². The highest BCUT2D eigenvalue weighted by atomic mass is 16.7. The van der Waals surface area contributed by atoms with Crippen molar-refractivity contribution in [3.8, 4) is 0 Å². The fourth-order valence-corrected chi connectivity index (χ4v) is 7.73. The Morgan fingerprint density at radius 3 is 1.44 bits per heavy atom. The first-order valence-corrected chi connectivity index (χ1v) is 20.2. The molecule has 0 spiro atoms. The molecule has 0 radical (unpaired) electrons. The SMILES string of the molecule is CC1OC(OC2CCCCC2OC2OC(COCc3ccccc3)C(O)C(O)C2O)C(OCc2ccccc2)C(OCc2ccccc2)C1OCc1ccccc1. The monoisotopic (exact) mass is 784 g/mol. The first-order valence-electron chi connectivity index (χ1n) is 20.2. The van der Waals surface area contributed by atoms with Crippen LogP contribution in [0, 0.1) is 0 Å². The Kier molecular flexibility index (Phi) is 15.3. The Morgan fingerprint density at radius 1 is 0.491 bits per heavy atom. The van der Waals surface area contributed by atoms with Crippen LogP contribution in [0.25, 0.3) is 0 Å². The lowest BCUT2D eigenvalue weighted by Gasteiger charge is -2.47. The summed E-state index contributed by atoms with van der Waals surface area (Å²) in [4.78, 5) is 0. The zero-order valence-corrected chi connectivity index (χ0v) is 32.4. The summed E-state index contributed by atoms with van der Waals surface area (Å²) in [7, 11) is 0. The fraction of sp³-hybridized carbons (Fsp3) is 0.478. The second-order valence-electron chi connectivity index (χ2n) is 15.1. The van der Waals surface area contributed by atoms with Gasteiger partial charge in [0.1, 0.15) is 42.7 Å². The van der Waals surface area contributed by atoms with Gasteiger partial charge in [-0.15, -0.1) is 0 Å². The average molecular weight is 785 g/mol. The normalized spacial score (nSPS) is 31.9. The van der Waals surface area contributed by atoms with Gasteiger partial charge < -0.3 is 53.2 Å². The van der Waals surface area contributed by atoms with E-state index in [9.17, 15) is 15.3 Å². The summed E-state index contributed by atoms with van der Waals surface area (Å²) in [5, 5.41) is 32.7. The summed E-state index contributed by atoms with van der Waals surface area (Å²) in [6, 6.07) is 39.6. The number of aliphatic hydroxyl groups excluding tert-OH is 3. The van der Waals surface area contributed by atoms with Crippen LogP contribution in [0.1, 0.15) is 54.9 Å². The molecule has 7 rings (SSSR count). The largest absolute Gasteiger partial charge is 0.387 e. The fourth-order valence-electron chi connectivity index (χ4n) is 7.73. The maximum atomic E-state index is 11.1. The van der Waals surface area contributed by atoms with E-state index in [0.29, 0.717) is 39.3 Å². The molecule has 4 aromatic rings. The third kappa shape index (κ3) is 11.3. The topological polar surface area (TPSA) is 135 Å². The number of rotatable bonds is 17. The highest BCUT2D eigenvalue weighted by Crippen LogP contribution is 2.35. The molecule has 306 valence electrons. The van der Waals surface area contributed by atoms with Crippen LogP contribution in [0.5, 0.6) is 0 Å². The quantitative estimate of drug-likeness (QED) is 0.119. The molecule has 3 fully saturated rings. The molecule has 1 aliphatic carbocycles. The van der Waals surface area contributed by atoms with Gasteiger partial charge in [0.05, 0.1) is 51.3 Å². The van der Waals surface area contributed by atoms with Crippen LogP contribution in [-0.2, 0) is 64.3 Å². The van der Waals surface area contributed by atoms with Gasteiger partial charge in [0.15, 0.2) is 12.6 Å². The molecule has 4 aromatic carbocycles. The molecule has 2 aliphatic heterocycles. The van der Waals surface area contributed by atoms with Gasteiger partial charge in [-0.25, -0.2) is 0 Å². The van der Waals surface area contributed by atoms with Gasteiger partial charge in [0.2, 0.25) is 0 Å². The number of benzene rings is 4. The molecule has 1 saturated carbocycles. The Balaban J connectivity index is 1.08. The van der Waals surface area contributed by atoms with E-state index in [-0.39, 0.29) is 6.61 Å². The van der Waals surface area contributed by atoms with Crippen molar-refractivity contribution in [1.82, 2.24) is 0 Å². The summed E-state index contributed by atoms with van der Waals surface area (Å²) in [5.74, 6) is 0. The molecule has 3 aliphatic rings. The Labute approximate surface area is 335 Å². The van der Waals surface area contributed by atoms with Gasteiger partial charge in [0, 0.05) is 0 Å². The van der Waals surface area contributed by atoms with E-state index in [1.54, 1.807) is 0 Å². The van der Waals surface area contributed by atoms with Gasteiger partial charge in [0.25, 0.3) is 0 Å². The molecular formula is C46H56O11. The molecule has 0 amide bonds. The highest BCUT2D eigenvalue weighted by molar-refractivity contribution is 5.16. The number of aliphatic hydroxyl groups is 3. The van der Waals surface area contributed by atoms with Gasteiger partial charge in [-0.3, -0.25) is 0 Å². The van der Waals surface area contributed by atoms with E-state index in [1.165, 1.54) is 0 Å². The second kappa shape index (κ2) is 20.9. The van der Waals surface area contributed by atoms with E-state index in [0.717, 1.165) is 35.1 Å². The molecule has 2 heterocycles. The van der Waals surface area contributed by atoms with Crippen LogP contribution >= 0.6 is 0 Å². The highest BCUT2D eigenvalue weighted by Gasteiger charge is 2.50. The van der Waals surface area contributed by atoms with Crippen LogP contribution in [-0.4, -0.2) is 95.5 Å². The Bertz CT molecular complexity index is 1720. The van der Waals surface area contributed by atoms with Crippen LogP contribution in [0.4, 0.5) is 0 Å². The van der Waals surface area contributed by atoms with Crippen LogP contribution in [0.3, 0.4) is 0 Å². The minimum Gasteiger partial charge on any atom is -0.387 e. The molecular weight excluding hydrogens is 728 g/mol. The molecule has 12 atom stereocenters. The predicted molar refractivity (Wildman–Crippen MR) is 210 cm³/mol.